The molecule has 6 nitrogen and oxygen atoms in total. The van der Waals surface area contributed by atoms with Crippen LogP contribution in [0, 0.1) is 23.5 Å². The Bertz CT molecular complexity index is 983. The third-order valence-electron chi connectivity index (χ3n) is 5.76. The first-order chi connectivity index (χ1) is 12.9. The number of carboxylic acids is 1. The van der Waals surface area contributed by atoms with Gasteiger partial charge in [-0.2, -0.15) is 5.10 Å². The molecule has 2 fully saturated rings. The number of amides is 1. The molecule has 0 aliphatic heterocycles. The van der Waals surface area contributed by atoms with Gasteiger partial charge in [-0.3, -0.25) is 4.79 Å². The molecule has 1 heterocycles. The average Bonchev–Trinajstić information content (AvgIpc) is 3.52. The normalized spacial score (nSPS) is 23.5. The Morgan fingerprint density at radius 1 is 1.30 bits per heavy atom. The highest BCUT2D eigenvalue weighted by Crippen LogP contribution is 2.57. The van der Waals surface area contributed by atoms with E-state index in [1.165, 1.54) is 10.7 Å². The second-order valence-electron chi connectivity index (χ2n) is 7.65. The first kappa shape index (κ1) is 16.4. The van der Waals surface area contributed by atoms with Crippen LogP contribution in [0.3, 0.4) is 0 Å². The number of hydrogen-bond acceptors (Lipinski definition) is 3. The first-order valence-corrected chi connectivity index (χ1v) is 9.05. The lowest BCUT2D eigenvalue weighted by Gasteiger charge is -2.13. The van der Waals surface area contributed by atoms with E-state index < -0.39 is 29.6 Å². The number of rotatable bonds is 5. The van der Waals surface area contributed by atoms with E-state index >= 15 is 0 Å². The molecular weight excluding hydrogens is 356 g/mol. The van der Waals surface area contributed by atoms with Gasteiger partial charge in [0.1, 0.15) is 17.5 Å². The van der Waals surface area contributed by atoms with Crippen molar-refractivity contribution in [3.63, 3.8) is 0 Å². The molecule has 3 aliphatic carbocycles. The molecular formula is C19H17F2N3O3. The molecule has 3 aliphatic rings. The summed E-state index contributed by atoms with van der Waals surface area (Å²) in [5.74, 6) is -2.46. The highest BCUT2D eigenvalue weighted by atomic mass is 19.1. The molecule has 1 aromatic heterocycles. The van der Waals surface area contributed by atoms with Gasteiger partial charge < -0.3 is 10.4 Å². The highest BCUT2D eigenvalue weighted by molar-refractivity contribution is 5.97. The predicted molar refractivity (Wildman–Crippen MR) is 89.6 cm³/mol. The number of carbonyl (C=O) groups is 2. The van der Waals surface area contributed by atoms with Gasteiger partial charge in [-0.05, 0) is 49.7 Å². The molecule has 2 saturated carbocycles. The molecule has 1 aromatic carbocycles. The molecule has 1 amide bonds. The number of carbonyl (C=O) groups excluding carboxylic acids is 1. The quantitative estimate of drug-likeness (QED) is 0.843. The third kappa shape index (κ3) is 2.62. The zero-order chi connectivity index (χ0) is 18.9. The number of hydrogen-bond donors (Lipinski definition) is 2. The van der Waals surface area contributed by atoms with E-state index in [9.17, 15) is 23.5 Å². The largest absolute Gasteiger partial charge is 0.480 e. The van der Waals surface area contributed by atoms with E-state index in [-0.39, 0.29) is 23.2 Å². The standard InChI is InChI=1S/C19H17F2N3O3/c20-10-3-4-14(13(21)7-10)24-17-11-5-9(11)6-12(17)16(23-24)18(25)22-15(19(26)27)8-1-2-8/h3-4,7-9,11,15H,1-2,5-6H2,(H,22,25)(H,26,27)/t9-,11-,15?/m1/s1. The lowest BCUT2D eigenvalue weighted by atomic mass is 10.1. The van der Waals surface area contributed by atoms with E-state index in [0.717, 1.165) is 42.7 Å². The van der Waals surface area contributed by atoms with Crippen molar-refractivity contribution in [3.05, 3.63) is 46.8 Å². The molecule has 3 atom stereocenters. The first-order valence-electron chi connectivity index (χ1n) is 9.05. The minimum Gasteiger partial charge on any atom is -0.480 e. The molecule has 0 saturated heterocycles. The van der Waals surface area contributed by atoms with Crippen molar-refractivity contribution in [2.24, 2.45) is 11.8 Å². The van der Waals surface area contributed by atoms with Gasteiger partial charge in [0.25, 0.3) is 5.91 Å². The summed E-state index contributed by atoms with van der Waals surface area (Å²) >= 11 is 0. The number of halogens is 2. The van der Waals surface area contributed by atoms with Crippen molar-refractivity contribution in [2.75, 3.05) is 0 Å². The SMILES string of the molecule is O=C(NC(C(=O)O)C1CC1)c1nn(-c2ccc(F)cc2F)c2c1C[C@H]1C[C@@H]21. The summed E-state index contributed by atoms with van der Waals surface area (Å²) in [6.07, 6.45) is 3.18. The van der Waals surface area contributed by atoms with E-state index in [1.807, 2.05) is 0 Å². The lowest BCUT2D eigenvalue weighted by Crippen LogP contribution is -2.42. The summed E-state index contributed by atoms with van der Waals surface area (Å²) in [6, 6.07) is 2.31. The van der Waals surface area contributed by atoms with Gasteiger partial charge in [0.15, 0.2) is 11.5 Å². The van der Waals surface area contributed by atoms with Crippen molar-refractivity contribution in [1.29, 1.82) is 0 Å². The fraction of sp³-hybridized carbons (Fsp3) is 0.421. The summed E-state index contributed by atoms with van der Waals surface area (Å²) in [5.41, 5.74) is 1.77. The molecule has 1 unspecified atom stereocenters. The Balaban J connectivity index is 1.53. The maximum Gasteiger partial charge on any atom is 0.326 e. The van der Waals surface area contributed by atoms with Gasteiger partial charge in [0.2, 0.25) is 0 Å². The van der Waals surface area contributed by atoms with E-state index in [1.54, 1.807) is 0 Å². The summed E-state index contributed by atoms with van der Waals surface area (Å²) in [5, 5.41) is 16.2. The Kier molecular flexibility index (Phi) is 3.41. The zero-order valence-electron chi connectivity index (χ0n) is 14.3. The zero-order valence-corrected chi connectivity index (χ0v) is 14.3. The second kappa shape index (κ2) is 5.61. The molecule has 0 bridgehead atoms. The fourth-order valence-electron chi connectivity index (χ4n) is 4.16. The van der Waals surface area contributed by atoms with E-state index in [0.29, 0.717) is 12.3 Å². The van der Waals surface area contributed by atoms with Crippen LogP contribution in [0.15, 0.2) is 18.2 Å². The van der Waals surface area contributed by atoms with Crippen LogP contribution in [0.1, 0.15) is 46.9 Å². The topological polar surface area (TPSA) is 84.2 Å². The van der Waals surface area contributed by atoms with Crippen LogP contribution in [0.5, 0.6) is 0 Å². The Labute approximate surface area is 153 Å². The van der Waals surface area contributed by atoms with Crippen molar-refractivity contribution >= 4 is 11.9 Å². The van der Waals surface area contributed by atoms with Gasteiger partial charge >= 0.3 is 5.97 Å². The molecule has 27 heavy (non-hydrogen) atoms. The van der Waals surface area contributed by atoms with Crippen LogP contribution in [-0.2, 0) is 11.2 Å². The van der Waals surface area contributed by atoms with Crippen LogP contribution >= 0.6 is 0 Å². The van der Waals surface area contributed by atoms with Gasteiger partial charge in [0.05, 0.1) is 5.69 Å². The van der Waals surface area contributed by atoms with Crippen LogP contribution in [-0.4, -0.2) is 32.8 Å². The van der Waals surface area contributed by atoms with E-state index in [2.05, 4.69) is 10.4 Å². The smallest absolute Gasteiger partial charge is 0.326 e. The number of nitrogens with zero attached hydrogens (tertiary/aromatic N) is 2. The molecule has 2 N–H and O–H groups in total. The Hall–Kier alpha value is -2.77. The van der Waals surface area contributed by atoms with Crippen LogP contribution in [0.4, 0.5) is 8.78 Å². The van der Waals surface area contributed by atoms with Crippen LogP contribution in [0.2, 0.25) is 0 Å². The van der Waals surface area contributed by atoms with Crippen molar-refractivity contribution in [1.82, 2.24) is 15.1 Å². The number of benzene rings is 1. The molecule has 0 radical (unpaired) electrons. The van der Waals surface area contributed by atoms with Crippen LogP contribution in [0.25, 0.3) is 5.69 Å². The van der Waals surface area contributed by atoms with Crippen molar-refractivity contribution in [3.8, 4) is 5.69 Å². The molecule has 0 spiro atoms. The lowest BCUT2D eigenvalue weighted by molar-refractivity contribution is -0.139. The summed E-state index contributed by atoms with van der Waals surface area (Å²) in [4.78, 5) is 24.2. The Morgan fingerprint density at radius 3 is 2.74 bits per heavy atom. The minimum absolute atomic E-state index is 0.0514. The summed E-state index contributed by atoms with van der Waals surface area (Å²) in [7, 11) is 0. The van der Waals surface area contributed by atoms with Gasteiger partial charge in [-0.15, -0.1) is 0 Å². The van der Waals surface area contributed by atoms with Crippen LogP contribution < -0.4 is 5.32 Å². The maximum absolute atomic E-state index is 14.3. The minimum atomic E-state index is -1.06. The number of nitrogens with one attached hydrogen (secondary N) is 1. The average molecular weight is 373 g/mol. The van der Waals surface area contributed by atoms with Gasteiger partial charge in [-0.1, -0.05) is 0 Å². The number of fused-ring (bicyclic) bond motifs is 3. The maximum atomic E-state index is 14.3. The summed E-state index contributed by atoms with van der Waals surface area (Å²) in [6.45, 7) is 0. The monoisotopic (exact) mass is 373 g/mol. The molecule has 8 heteroatoms. The van der Waals surface area contributed by atoms with E-state index in [4.69, 9.17) is 0 Å². The fourth-order valence-corrected chi connectivity index (χ4v) is 4.16. The summed E-state index contributed by atoms with van der Waals surface area (Å²) < 4.78 is 29.0. The second-order valence-corrected chi connectivity index (χ2v) is 7.65. The van der Waals surface area contributed by atoms with Crippen molar-refractivity contribution in [2.45, 2.75) is 37.6 Å². The molecule has 140 valence electrons. The number of carboxylic acid groups (broad SMARTS) is 1. The third-order valence-corrected chi connectivity index (χ3v) is 5.76. The highest BCUT2D eigenvalue weighted by Gasteiger charge is 2.50. The molecule has 5 rings (SSSR count). The Morgan fingerprint density at radius 2 is 2.07 bits per heavy atom. The van der Waals surface area contributed by atoms with Gasteiger partial charge in [-0.25, -0.2) is 18.3 Å². The number of aliphatic carboxylic acids is 1. The molecule has 2 aromatic rings. The van der Waals surface area contributed by atoms with Gasteiger partial charge in [0, 0.05) is 17.5 Å². The van der Waals surface area contributed by atoms with Crippen molar-refractivity contribution < 1.29 is 23.5 Å². The number of aromatic nitrogens is 2. The predicted octanol–water partition coefficient (Wildman–Crippen LogP) is 2.40.